The van der Waals surface area contributed by atoms with E-state index in [0.717, 1.165) is 58.0 Å². The third-order valence-corrected chi connectivity index (χ3v) is 9.81. The lowest BCUT2D eigenvalue weighted by molar-refractivity contribution is 0.0224. The van der Waals surface area contributed by atoms with Gasteiger partial charge in [0.1, 0.15) is 11.5 Å². The van der Waals surface area contributed by atoms with Crippen molar-refractivity contribution in [2.75, 3.05) is 16.8 Å². The van der Waals surface area contributed by atoms with Crippen molar-refractivity contribution >= 4 is 40.3 Å². The molecule has 2 aliphatic heterocycles. The predicted molar refractivity (Wildman–Crippen MR) is 196 cm³/mol. The van der Waals surface area contributed by atoms with Gasteiger partial charge >= 0.3 is 5.97 Å². The highest BCUT2D eigenvalue weighted by Crippen LogP contribution is 2.57. The molecule has 2 heterocycles. The lowest BCUT2D eigenvalue weighted by Crippen LogP contribution is -2.33. The number of unbranched alkanes of at least 4 members (excludes halogenated alkanes) is 5. The first-order valence-corrected chi connectivity index (χ1v) is 17.4. The van der Waals surface area contributed by atoms with Crippen molar-refractivity contribution < 1.29 is 14.3 Å². The smallest absolute Gasteiger partial charge is 0.340 e. The van der Waals surface area contributed by atoms with Crippen LogP contribution >= 0.6 is 11.6 Å². The van der Waals surface area contributed by atoms with Crippen molar-refractivity contribution in [3.05, 3.63) is 142 Å². The largest absolute Gasteiger partial charge is 0.456 e. The molecular weight excluding hydrogens is 616 g/mol. The van der Waals surface area contributed by atoms with E-state index in [1.54, 1.807) is 0 Å². The molecule has 0 saturated carbocycles. The number of anilines is 4. The van der Waals surface area contributed by atoms with Gasteiger partial charge in [-0.05, 0) is 92.6 Å². The molecule has 1 N–H and O–H groups in total. The number of nitrogens with zero attached hydrogens (tertiary/aromatic N) is 1. The number of esters is 1. The fraction of sp³-hybridized carbons (Fsp3) is 0.262. The molecule has 0 aliphatic carbocycles. The first kappa shape index (κ1) is 31.8. The van der Waals surface area contributed by atoms with Gasteiger partial charge in [-0.25, -0.2) is 4.79 Å². The molecule has 0 fully saturated rings. The molecule has 0 amide bonds. The van der Waals surface area contributed by atoms with Crippen molar-refractivity contribution in [1.29, 1.82) is 0 Å². The second-order valence-corrected chi connectivity index (χ2v) is 13.4. The Kier molecular flexibility index (Phi) is 8.89. The Hall–Kier alpha value is -4.74. The topological polar surface area (TPSA) is 50.8 Å². The zero-order chi connectivity index (χ0) is 33.3. The van der Waals surface area contributed by atoms with E-state index >= 15 is 0 Å². The lowest BCUT2D eigenvalue weighted by Gasteiger charge is -2.38. The number of hydrogen-bond donors (Lipinski definition) is 1. The average Bonchev–Trinajstić information content (AvgIpc) is 3.39. The second kappa shape index (κ2) is 13.4. The van der Waals surface area contributed by atoms with Gasteiger partial charge in [-0.3, -0.25) is 0 Å². The van der Waals surface area contributed by atoms with Crippen LogP contribution < -0.4 is 15.0 Å². The maximum absolute atomic E-state index is 13.5. The molecule has 7 rings (SSSR count). The Balaban J connectivity index is 1.32. The van der Waals surface area contributed by atoms with Gasteiger partial charge in [-0.15, -0.1) is 0 Å². The Morgan fingerprint density at radius 2 is 1.44 bits per heavy atom. The lowest BCUT2D eigenvalue weighted by atomic mass is 9.77. The van der Waals surface area contributed by atoms with E-state index in [1.165, 1.54) is 37.7 Å². The number of hydrogen-bond acceptors (Lipinski definition) is 5. The van der Waals surface area contributed by atoms with E-state index in [2.05, 4.69) is 79.5 Å². The van der Waals surface area contributed by atoms with Gasteiger partial charge in [-0.1, -0.05) is 86.5 Å². The minimum absolute atomic E-state index is 0.342. The highest BCUT2D eigenvalue weighted by atomic mass is 35.5. The molecular formula is C42H41ClN2O3. The van der Waals surface area contributed by atoms with Gasteiger partial charge in [-0.2, -0.15) is 0 Å². The fourth-order valence-electron chi connectivity index (χ4n) is 6.98. The Bertz CT molecular complexity index is 1950. The van der Waals surface area contributed by atoms with Crippen LogP contribution in [0.3, 0.4) is 0 Å². The van der Waals surface area contributed by atoms with Gasteiger partial charge < -0.3 is 19.7 Å². The van der Waals surface area contributed by atoms with Gasteiger partial charge in [0.05, 0.1) is 5.56 Å². The summed E-state index contributed by atoms with van der Waals surface area (Å²) in [7, 11) is 0. The fourth-order valence-corrected chi connectivity index (χ4v) is 7.11. The number of aryl methyl sites for hydroxylation is 2. The molecule has 1 unspecified atom stereocenters. The number of benzene rings is 5. The number of fused-ring (bicyclic) bond motifs is 6. The predicted octanol–water partition coefficient (Wildman–Crippen LogP) is 11.8. The maximum atomic E-state index is 13.5. The van der Waals surface area contributed by atoms with Crippen LogP contribution in [0.1, 0.15) is 83.6 Å². The SMILES string of the molecule is CCCCCCCCN(c1ccc(C)cc1)c1ccc2c(c1)Oc1cc(C)c(Nc3ccc(Cl)cc3)cc1C21OC(=O)c2ccccc21. The Morgan fingerprint density at radius 1 is 0.729 bits per heavy atom. The summed E-state index contributed by atoms with van der Waals surface area (Å²) >= 11 is 6.16. The third-order valence-electron chi connectivity index (χ3n) is 9.56. The first-order valence-electron chi connectivity index (χ1n) is 17.0. The number of ether oxygens (including phenoxy) is 2. The van der Waals surface area contributed by atoms with Crippen molar-refractivity contribution in [3.8, 4) is 11.5 Å². The zero-order valence-corrected chi connectivity index (χ0v) is 28.6. The summed E-state index contributed by atoms with van der Waals surface area (Å²) in [6, 6.07) is 34.4. The molecule has 244 valence electrons. The minimum atomic E-state index is -1.16. The normalized spacial score (nSPS) is 15.7. The summed E-state index contributed by atoms with van der Waals surface area (Å²) in [4.78, 5) is 15.9. The number of halogens is 1. The molecule has 1 atom stereocenters. The summed E-state index contributed by atoms with van der Waals surface area (Å²) in [6.45, 7) is 7.31. The quantitative estimate of drug-likeness (QED) is 0.113. The van der Waals surface area contributed by atoms with E-state index in [-0.39, 0.29) is 5.97 Å². The van der Waals surface area contributed by atoms with E-state index in [4.69, 9.17) is 21.1 Å². The van der Waals surface area contributed by atoms with Gasteiger partial charge in [0.2, 0.25) is 0 Å². The standard InChI is InChI=1S/C42H41ClN2O3/c1-4-5-6-7-8-11-24-45(32-20-14-28(2)15-21-32)33-22-23-36-40(26-33)47-39-25-29(3)38(44-31-18-16-30(43)17-19-31)27-37(39)42(36)35-13-10-9-12-34(35)41(46)48-42/h9-10,12-23,25-27,44H,4-8,11,24H2,1-3H3. The van der Waals surface area contributed by atoms with E-state index in [0.29, 0.717) is 22.1 Å². The highest BCUT2D eigenvalue weighted by molar-refractivity contribution is 6.30. The number of nitrogens with one attached hydrogen (secondary N) is 1. The maximum Gasteiger partial charge on any atom is 0.340 e. The summed E-state index contributed by atoms with van der Waals surface area (Å²) in [6.07, 6.45) is 7.36. The zero-order valence-electron chi connectivity index (χ0n) is 27.8. The summed E-state index contributed by atoms with van der Waals surface area (Å²) in [5.74, 6) is 1.01. The summed E-state index contributed by atoms with van der Waals surface area (Å²) < 4.78 is 13.3. The third kappa shape index (κ3) is 5.92. The second-order valence-electron chi connectivity index (χ2n) is 12.9. The monoisotopic (exact) mass is 656 g/mol. The van der Waals surface area contributed by atoms with Crippen LogP contribution in [0, 0.1) is 13.8 Å². The van der Waals surface area contributed by atoms with E-state index in [1.807, 2.05) is 54.6 Å². The van der Waals surface area contributed by atoms with Crippen molar-refractivity contribution in [2.45, 2.75) is 64.9 Å². The Labute approximate surface area is 288 Å². The first-order chi connectivity index (χ1) is 23.4. The van der Waals surface area contributed by atoms with Gasteiger partial charge in [0, 0.05) is 57.1 Å². The van der Waals surface area contributed by atoms with Crippen molar-refractivity contribution in [3.63, 3.8) is 0 Å². The van der Waals surface area contributed by atoms with Crippen LogP contribution in [0.2, 0.25) is 5.02 Å². The molecule has 0 bridgehead atoms. The molecule has 0 saturated heterocycles. The molecule has 48 heavy (non-hydrogen) atoms. The molecule has 2 aliphatic rings. The van der Waals surface area contributed by atoms with Crippen molar-refractivity contribution in [1.82, 2.24) is 0 Å². The van der Waals surface area contributed by atoms with E-state index in [9.17, 15) is 4.79 Å². The number of carbonyl (C=O) groups is 1. The van der Waals surface area contributed by atoms with Crippen LogP contribution in [-0.2, 0) is 10.3 Å². The molecule has 0 radical (unpaired) electrons. The number of carbonyl (C=O) groups excluding carboxylic acids is 1. The van der Waals surface area contributed by atoms with Crippen LogP contribution in [0.15, 0.2) is 103 Å². The molecule has 0 aromatic heterocycles. The van der Waals surface area contributed by atoms with Crippen LogP contribution in [0.5, 0.6) is 11.5 Å². The molecule has 5 aromatic rings. The summed E-state index contributed by atoms with van der Waals surface area (Å²) in [5.41, 5.74) is 8.03. The van der Waals surface area contributed by atoms with Crippen LogP contribution in [0.25, 0.3) is 0 Å². The van der Waals surface area contributed by atoms with Crippen LogP contribution in [-0.4, -0.2) is 12.5 Å². The molecule has 1 spiro atoms. The Morgan fingerprint density at radius 3 is 2.23 bits per heavy atom. The van der Waals surface area contributed by atoms with Gasteiger partial charge in [0.25, 0.3) is 0 Å². The molecule has 5 nitrogen and oxygen atoms in total. The van der Waals surface area contributed by atoms with Crippen molar-refractivity contribution in [2.24, 2.45) is 0 Å². The van der Waals surface area contributed by atoms with Gasteiger partial charge in [0.15, 0.2) is 5.60 Å². The van der Waals surface area contributed by atoms with Crippen LogP contribution in [0.4, 0.5) is 22.7 Å². The van der Waals surface area contributed by atoms with E-state index < -0.39 is 5.60 Å². The highest BCUT2D eigenvalue weighted by Gasteiger charge is 2.53. The number of rotatable bonds is 11. The molecule has 6 heteroatoms. The summed E-state index contributed by atoms with van der Waals surface area (Å²) in [5, 5.41) is 4.21. The molecule has 5 aromatic carbocycles. The average molecular weight is 657 g/mol. The minimum Gasteiger partial charge on any atom is -0.456 e.